The van der Waals surface area contributed by atoms with Crippen molar-refractivity contribution in [2.45, 2.75) is 322 Å². The zero-order valence-electron chi connectivity index (χ0n) is 46.1. The van der Waals surface area contributed by atoms with Crippen LogP contribution < -0.4 is 0 Å². The number of ether oxygens (including phenoxy) is 3. The summed E-state index contributed by atoms with van der Waals surface area (Å²) in [5.74, 6) is -0.957. The molecule has 0 N–H and O–H groups in total. The molecule has 6 nitrogen and oxygen atoms in total. The van der Waals surface area contributed by atoms with Gasteiger partial charge >= 0.3 is 17.9 Å². The molecular formula is C63H114O6. The van der Waals surface area contributed by atoms with Gasteiger partial charge in [-0.25, -0.2) is 0 Å². The molecule has 69 heavy (non-hydrogen) atoms. The summed E-state index contributed by atoms with van der Waals surface area (Å²) in [4.78, 5) is 38.1. The molecule has 0 spiro atoms. The quantitative estimate of drug-likeness (QED) is 0.0262. The van der Waals surface area contributed by atoms with Gasteiger partial charge in [-0.3, -0.25) is 14.4 Å². The molecule has 0 aliphatic rings. The maximum atomic E-state index is 12.9. The van der Waals surface area contributed by atoms with E-state index in [2.05, 4.69) is 63.3 Å². The van der Waals surface area contributed by atoms with Gasteiger partial charge in [-0.1, -0.05) is 256 Å². The fourth-order valence-corrected chi connectivity index (χ4v) is 8.72. The van der Waals surface area contributed by atoms with E-state index in [0.29, 0.717) is 19.3 Å². The average molecular weight is 968 g/mol. The molecule has 0 saturated heterocycles. The van der Waals surface area contributed by atoms with E-state index >= 15 is 0 Å². The largest absolute Gasteiger partial charge is 0.462 e. The Hall–Kier alpha value is -2.63. The van der Waals surface area contributed by atoms with Crippen LogP contribution in [-0.4, -0.2) is 37.2 Å². The van der Waals surface area contributed by atoms with Gasteiger partial charge in [0, 0.05) is 19.3 Å². The number of carbonyl (C=O) groups excluding carboxylic acids is 3. The van der Waals surface area contributed by atoms with Crippen molar-refractivity contribution >= 4 is 17.9 Å². The Morgan fingerprint density at radius 2 is 0.551 bits per heavy atom. The number of hydrogen-bond acceptors (Lipinski definition) is 6. The zero-order chi connectivity index (χ0) is 50.0. The van der Waals surface area contributed by atoms with Crippen molar-refractivity contribution in [1.29, 1.82) is 0 Å². The highest BCUT2D eigenvalue weighted by Crippen LogP contribution is 2.16. The summed E-state index contributed by atoms with van der Waals surface area (Å²) in [7, 11) is 0. The molecule has 0 aliphatic heterocycles. The van der Waals surface area contributed by atoms with E-state index in [-0.39, 0.29) is 37.5 Å². The maximum absolute atomic E-state index is 12.9. The summed E-state index contributed by atoms with van der Waals surface area (Å²) >= 11 is 0. The SMILES string of the molecule is CCCCCCCC/C=C\C/C=C\CCC(=O)OCC(COC(=O)CCCCCCCCC/C=C\CCCCCCCCCC)OC(=O)CCCCCCCCC/C=C\CCCCCCCCCC. The van der Waals surface area contributed by atoms with Gasteiger partial charge in [-0.05, 0) is 89.9 Å². The molecular weight excluding hydrogens is 853 g/mol. The van der Waals surface area contributed by atoms with Crippen LogP contribution in [0.3, 0.4) is 0 Å². The van der Waals surface area contributed by atoms with Crippen molar-refractivity contribution in [2.24, 2.45) is 0 Å². The molecule has 0 aromatic heterocycles. The summed E-state index contributed by atoms with van der Waals surface area (Å²) < 4.78 is 16.8. The fourth-order valence-electron chi connectivity index (χ4n) is 8.72. The van der Waals surface area contributed by atoms with E-state index in [9.17, 15) is 14.4 Å². The molecule has 402 valence electrons. The van der Waals surface area contributed by atoms with Gasteiger partial charge in [0.2, 0.25) is 0 Å². The summed E-state index contributed by atoms with van der Waals surface area (Å²) in [6.45, 7) is 6.61. The number of rotatable bonds is 55. The number of allylic oxidation sites excluding steroid dienone is 8. The van der Waals surface area contributed by atoms with Crippen LogP contribution in [0.15, 0.2) is 48.6 Å². The van der Waals surface area contributed by atoms with Crippen LogP contribution in [0, 0.1) is 0 Å². The topological polar surface area (TPSA) is 78.9 Å². The molecule has 0 saturated carbocycles. The number of hydrogen-bond donors (Lipinski definition) is 0. The summed E-state index contributed by atoms with van der Waals surface area (Å²) in [6.07, 6.45) is 71.2. The Morgan fingerprint density at radius 1 is 0.290 bits per heavy atom. The van der Waals surface area contributed by atoms with E-state index < -0.39 is 6.10 Å². The summed E-state index contributed by atoms with van der Waals surface area (Å²) in [5, 5.41) is 0. The first-order valence-corrected chi connectivity index (χ1v) is 30.1. The lowest BCUT2D eigenvalue weighted by Crippen LogP contribution is -2.30. The highest BCUT2D eigenvalue weighted by Gasteiger charge is 2.19. The lowest BCUT2D eigenvalue weighted by atomic mass is 10.1. The third-order valence-corrected chi connectivity index (χ3v) is 13.3. The van der Waals surface area contributed by atoms with Gasteiger partial charge in [-0.2, -0.15) is 0 Å². The van der Waals surface area contributed by atoms with Crippen molar-refractivity contribution in [3.8, 4) is 0 Å². The Labute approximate surface area is 428 Å². The standard InChI is InChI=1S/C63H114O6/c1-4-7-10-13-16-19-22-25-27-29-31-33-35-38-41-44-47-50-53-56-62(65)68-59-60(58-67-61(64)55-52-49-46-43-40-37-24-21-18-15-12-9-6-3)69-63(66)57-54-51-48-45-42-39-36-34-32-30-28-26-23-20-17-14-11-8-5-2/h29-32,37,40,46,49,60H,4-28,33-36,38-39,41-45,47-48,50-59H2,1-3H3/b31-29-,32-30-,40-37-,49-46-. The van der Waals surface area contributed by atoms with Crippen LogP contribution in [0.2, 0.25) is 0 Å². The smallest absolute Gasteiger partial charge is 0.306 e. The van der Waals surface area contributed by atoms with Crippen molar-refractivity contribution in [1.82, 2.24) is 0 Å². The van der Waals surface area contributed by atoms with E-state index in [4.69, 9.17) is 14.2 Å². The zero-order valence-corrected chi connectivity index (χ0v) is 46.1. The summed E-state index contributed by atoms with van der Waals surface area (Å²) in [6, 6.07) is 0. The molecule has 0 amide bonds. The van der Waals surface area contributed by atoms with Gasteiger partial charge in [0.05, 0.1) is 0 Å². The van der Waals surface area contributed by atoms with Crippen LogP contribution in [-0.2, 0) is 28.6 Å². The Bertz CT molecular complexity index is 1200. The van der Waals surface area contributed by atoms with Gasteiger partial charge < -0.3 is 14.2 Å². The molecule has 1 unspecified atom stereocenters. The lowest BCUT2D eigenvalue weighted by Gasteiger charge is -2.18. The number of unbranched alkanes of at least 4 members (excludes halogenated alkanes) is 36. The average Bonchev–Trinajstić information content (AvgIpc) is 3.35. The predicted octanol–water partition coefficient (Wildman–Crippen LogP) is 20.2. The van der Waals surface area contributed by atoms with Crippen molar-refractivity contribution in [3.05, 3.63) is 48.6 Å². The molecule has 0 rings (SSSR count). The molecule has 0 aromatic carbocycles. The third-order valence-electron chi connectivity index (χ3n) is 13.3. The van der Waals surface area contributed by atoms with Crippen LogP contribution in [0.5, 0.6) is 0 Å². The highest BCUT2D eigenvalue weighted by atomic mass is 16.6. The van der Waals surface area contributed by atoms with Gasteiger partial charge in [0.25, 0.3) is 0 Å². The second kappa shape index (κ2) is 57.9. The van der Waals surface area contributed by atoms with Crippen LogP contribution in [0.4, 0.5) is 0 Å². The van der Waals surface area contributed by atoms with Crippen LogP contribution in [0.1, 0.15) is 316 Å². The summed E-state index contributed by atoms with van der Waals surface area (Å²) in [5.41, 5.74) is 0. The second-order valence-electron chi connectivity index (χ2n) is 20.2. The molecule has 0 aromatic rings. The normalized spacial score (nSPS) is 12.3. The van der Waals surface area contributed by atoms with E-state index in [1.54, 1.807) is 0 Å². The van der Waals surface area contributed by atoms with E-state index in [1.165, 1.54) is 218 Å². The molecule has 0 fully saturated rings. The highest BCUT2D eigenvalue weighted by molar-refractivity contribution is 5.71. The van der Waals surface area contributed by atoms with Gasteiger partial charge in [0.15, 0.2) is 6.10 Å². The van der Waals surface area contributed by atoms with E-state index in [0.717, 1.165) is 51.4 Å². The first-order valence-electron chi connectivity index (χ1n) is 30.1. The van der Waals surface area contributed by atoms with Crippen LogP contribution >= 0.6 is 0 Å². The molecule has 0 heterocycles. The molecule has 0 aliphatic carbocycles. The fraction of sp³-hybridized carbons (Fsp3) is 0.825. The molecule has 1 atom stereocenters. The minimum Gasteiger partial charge on any atom is -0.462 e. The van der Waals surface area contributed by atoms with Crippen LogP contribution in [0.25, 0.3) is 0 Å². The minimum atomic E-state index is -0.799. The molecule has 6 heteroatoms. The van der Waals surface area contributed by atoms with Crippen molar-refractivity contribution in [2.75, 3.05) is 13.2 Å². The van der Waals surface area contributed by atoms with E-state index in [1.807, 2.05) is 6.08 Å². The first-order chi connectivity index (χ1) is 34.0. The van der Waals surface area contributed by atoms with Crippen molar-refractivity contribution in [3.63, 3.8) is 0 Å². The Balaban J connectivity index is 4.38. The van der Waals surface area contributed by atoms with Gasteiger partial charge in [0.1, 0.15) is 13.2 Å². The lowest BCUT2D eigenvalue weighted by molar-refractivity contribution is -0.166. The monoisotopic (exact) mass is 967 g/mol. The predicted molar refractivity (Wildman–Crippen MR) is 298 cm³/mol. The number of esters is 3. The molecule has 0 radical (unpaired) electrons. The van der Waals surface area contributed by atoms with Crippen molar-refractivity contribution < 1.29 is 28.6 Å². The minimum absolute atomic E-state index is 0.0925. The first kappa shape index (κ1) is 66.4. The Morgan fingerprint density at radius 3 is 0.899 bits per heavy atom. The second-order valence-corrected chi connectivity index (χ2v) is 20.2. The Kier molecular flexibility index (Phi) is 55.7. The third kappa shape index (κ3) is 56.2. The van der Waals surface area contributed by atoms with Gasteiger partial charge in [-0.15, -0.1) is 0 Å². The molecule has 0 bridgehead atoms. The number of carbonyl (C=O) groups is 3. The maximum Gasteiger partial charge on any atom is 0.306 e.